The molecule has 20 heavy (non-hydrogen) atoms. The maximum Gasteiger partial charge on any atom is 0.244 e. The standard InChI is InChI=1S/C14H16N2O3S/c1-11-5-6-14(13(8-11)19-2)20(17,18)16-10-12-4-3-7-15-9-12/h3-9,16H,10H2,1-2H3. The molecule has 0 atom stereocenters. The second kappa shape index (κ2) is 6.02. The third-order valence-electron chi connectivity index (χ3n) is 2.80. The van der Waals surface area contributed by atoms with Crippen LogP contribution in [0, 0.1) is 6.92 Å². The quantitative estimate of drug-likeness (QED) is 0.913. The molecule has 1 aromatic heterocycles. The Morgan fingerprint density at radius 1 is 1.30 bits per heavy atom. The van der Waals surface area contributed by atoms with E-state index in [1.54, 1.807) is 36.7 Å². The molecule has 2 rings (SSSR count). The van der Waals surface area contributed by atoms with Crippen LogP contribution in [0.3, 0.4) is 0 Å². The highest BCUT2D eigenvalue weighted by atomic mass is 32.2. The summed E-state index contributed by atoms with van der Waals surface area (Å²) in [6, 6.07) is 8.54. The maximum absolute atomic E-state index is 12.3. The van der Waals surface area contributed by atoms with Crippen molar-refractivity contribution in [3.05, 3.63) is 53.9 Å². The molecule has 0 fully saturated rings. The van der Waals surface area contributed by atoms with E-state index < -0.39 is 10.0 Å². The Morgan fingerprint density at radius 2 is 2.10 bits per heavy atom. The van der Waals surface area contributed by atoms with Crippen LogP contribution in [-0.4, -0.2) is 20.5 Å². The minimum absolute atomic E-state index is 0.134. The van der Waals surface area contributed by atoms with Crippen LogP contribution in [0.4, 0.5) is 0 Å². The number of pyridine rings is 1. The number of sulfonamides is 1. The van der Waals surface area contributed by atoms with Crippen molar-refractivity contribution >= 4 is 10.0 Å². The molecule has 0 aliphatic heterocycles. The maximum atomic E-state index is 12.3. The molecule has 1 heterocycles. The monoisotopic (exact) mass is 292 g/mol. The molecule has 1 aromatic carbocycles. The molecule has 0 unspecified atom stereocenters. The first-order chi connectivity index (χ1) is 9.53. The Labute approximate surface area is 118 Å². The lowest BCUT2D eigenvalue weighted by Crippen LogP contribution is -2.23. The molecule has 0 saturated carbocycles. The van der Waals surface area contributed by atoms with E-state index in [9.17, 15) is 8.42 Å². The van der Waals surface area contributed by atoms with Crippen molar-refractivity contribution in [1.82, 2.24) is 9.71 Å². The number of nitrogens with zero attached hydrogens (tertiary/aromatic N) is 1. The highest BCUT2D eigenvalue weighted by Gasteiger charge is 2.19. The van der Waals surface area contributed by atoms with Crippen LogP contribution in [0.1, 0.15) is 11.1 Å². The zero-order valence-electron chi connectivity index (χ0n) is 11.3. The van der Waals surface area contributed by atoms with Crippen LogP contribution >= 0.6 is 0 Å². The smallest absolute Gasteiger partial charge is 0.244 e. The normalized spacial score (nSPS) is 11.3. The minimum atomic E-state index is -3.62. The van der Waals surface area contributed by atoms with Gasteiger partial charge < -0.3 is 4.74 Å². The van der Waals surface area contributed by atoms with Gasteiger partial charge in [-0.3, -0.25) is 4.98 Å². The van der Waals surface area contributed by atoms with Crippen LogP contribution in [0.2, 0.25) is 0 Å². The summed E-state index contributed by atoms with van der Waals surface area (Å²) in [5, 5.41) is 0. The van der Waals surface area contributed by atoms with Gasteiger partial charge in [0.1, 0.15) is 10.6 Å². The molecule has 0 amide bonds. The lowest BCUT2D eigenvalue weighted by atomic mass is 10.2. The second-order valence-electron chi connectivity index (χ2n) is 4.34. The van der Waals surface area contributed by atoms with Gasteiger partial charge >= 0.3 is 0 Å². The van der Waals surface area contributed by atoms with Crippen LogP contribution in [-0.2, 0) is 16.6 Å². The van der Waals surface area contributed by atoms with Crippen LogP contribution in [0.15, 0.2) is 47.6 Å². The van der Waals surface area contributed by atoms with Crippen molar-refractivity contribution in [2.75, 3.05) is 7.11 Å². The van der Waals surface area contributed by atoms with E-state index in [4.69, 9.17) is 4.74 Å². The Hall–Kier alpha value is -1.92. The van der Waals surface area contributed by atoms with Gasteiger partial charge in [-0.25, -0.2) is 13.1 Å². The van der Waals surface area contributed by atoms with Crippen LogP contribution < -0.4 is 9.46 Å². The van der Waals surface area contributed by atoms with Gasteiger partial charge in [-0.2, -0.15) is 0 Å². The predicted octanol–water partition coefficient (Wildman–Crippen LogP) is 1.88. The molecule has 0 aliphatic carbocycles. The number of rotatable bonds is 5. The van der Waals surface area contributed by atoms with E-state index in [2.05, 4.69) is 9.71 Å². The Kier molecular flexibility index (Phi) is 4.36. The number of hydrogen-bond acceptors (Lipinski definition) is 4. The summed E-state index contributed by atoms with van der Waals surface area (Å²) in [6.07, 6.45) is 3.26. The van der Waals surface area contributed by atoms with Crippen molar-refractivity contribution in [1.29, 1.82) is 0 Å². The van der Waals surface area contributed by atoms with Crippen molar-refractivity contribution in [2.45, 2.75) is 18.4 Å². The first-order valence-corrected chi connectivity index (χ1v) is 7.54. The van der Waals surface area contributed by atoms with E-state index in [1.165, 1.54) is 7.11 Å². The highest BCUT2D eigenvalue weighted by Crippen LogP contribution is 2.24. The fraction of sp³-hybridized carbons (Fsp3) is 0.214. The first-order valence-electron chi connectivity index (χ1n) is 6.06. The van der Waals surface area contributed by atoms with Crippen LogP contribution in [0.5, 0.6) is 5.75 Å². The van der Waals surface area contributed by atoms with E-state index in [0.717, 1.165) is 11.1 Å². The molecule has 1 N–H and O–H groups in total. The van der Waals surface area contributed by atoms with Gasteiger partial charge in [-0.05, 0) is 36.2 Å². The van der Waals surface area contributed by atoms with E-state index in [1.807, 2.05) is 13.0 Å². The number of benzene rings is 1. The summed E-state index contributed by atoms with van der Waals surface area (Å²) in [5.74, 6) is 0.337. The number of nitrogens with one attached hydrogen (secondary N) is 1. The van der Waals surface area contributed by atoms with Crippen molar-refractivity contribution < 1.29 is 13.2 Å². The minimum Gasteiger partial charge on any atom is -0.495 e. The molecule has 0 bridgehead atoms. The zero-order valence-corrected chi connectivity index (χ0v) is 12.1. The largest absolute Gasteiger partial charge is 0.495 e. The molecule has 2 aromatic rings. The highest BCUT2D eigenvalue weighted by molar-refractivity contribution is 7.89. The fourth-order valence-corrected chi connectivity index (χ4v) is 2.92. The molecule has 0 spiro atoms. The summed E-state index contributed by atoms with van der Waals surface area (Å²) in [7, 11) is -2.17. The Balaban J connectivity index is 2.22. The van der Waals surface area contributed by atoms with Gasteiger partial charge in [-0.15, -0.1) is 0 Å². The number of aryl methyl sites for hydroxylation is 1. The third-order valence-corrected chi connectivity index (χ3v) is 4.24. The van der Waals surface area contributed by atoms with Crippen molar-refractivity contribution in [3.63, 3.8) is 0 Å². The predicted molar refractivity (Wildman–Crippen MR) is 76.0 cm³/mol. The third kappa shape index (κ3) is 3.34. The average Bonchev–Trinajstić information content (AvgIpc) is 2.46. The Bertz CT molecular complexity index is 685. The summed E-state index contributed by atoms with van der Waals surface area (Å²) < 4.78 is 32.2. The van der Waals surface area contributed by atoms with Crippen LogP contribution in [0.25, 0.3) is 0 Å². The average molecular weight is 292 g/mol. The summed E-state index contributed by atoms with van der Waals surface area (Å²) in [5.41, 5.74) is 1.73. The fourth-order valence-electron chi connectivity index (χ4n) is 1.76. The molecule has 5 nitrogen and oxygen atoms in total. The summed E-state index contributed by atoms with van der Waals surface area (Å²) in [4.78, 5) is 4.08. The number of ether oxygens (including phenoxy) is 1. The molecular weight excluding hydrogens is 276 g/mol. The number of hydrogen-bond donors (Lipinski definition) is 1. The van der Waals surface area contributed by atoms with Crippen molar-refractivity contribution in [3.8, 4) is 5.75 Å². The molecule has 0 radical (unpaired) electrons. The van der Waals surface area contributed by atoms with E-state index >= 15 is 0 Å². The SMILES string of the molecule is COc1cc(C)ccc1S(=O)(=O)NCc1cccnc1. The molecule has 0 aliphatic rings. The van der Waals surface area contributed by atoms with Gasteiger partial charge in [0.05, 0.1) is 7.11 Å². The molecule has 6 heteroatoms. The Morgan fingerprint density at radius 3 is 2.75 bits per heavy atom. The molecule has 106 valence electrons. The summed E-state index contributed by atoms with van der Waals surface area (Å²) >= 11 is 0. The van der Waals surface area contributed by atoms with Crippen molar-refractivity contribution in [2.24, 2.45) is 0 Å². The topological polar surface area (TPSA) is 68.3 Å². The lowest BCUT2D eigenvalue weighted by Gasteiger charge is -2.11. The lowest BCUT2D eigenvalue weighted by molar-refractivity contribution is 0.402. The second-order valence-corrected chi connectivity index (χ2v) is 6.08. The molecular formula is C14H16N2O3S. The first kappa shape index (κ1) is 14.5. The number of aromatic nitrogens is 1. The van der Waals surface area contributed by atoms with Gasteiger partial charge in [0.2, 0.25) is 10.0 Å². The molecule has 0 saturated heterocycles. The van der Waals surface area contributed by atoms with Gasteiger partial charge in [0, 0.05) is 18.9 Å². The number of methoxy groups -OCH3 is 1. The summed E-state index contributed by atoms with van der Waals surface area (Å²) in [6.45, 7) is 2.06. The van der Waals surface area contributed by atoms with Gasteiger partial charge in [-0.1, -0.05) is 12.1 Å². The van der Waals surface area contributed by atoms with Gasteiger partial charge in [0.15, 0.2) is 0 Å². The van der Waals surface area contributed by atoms with E-state index in [-0.39, 0.29) is 11.4 Å². The zero-order chi connectivity index (χ0) is 14.6. The van der Waals surface area contributed by atoms with Gasteiger partial charge in [0.25, 0.3) is 0 Å². The van der Waals surface area contributed by atoms with E-state index in [0.29, 0.717) is 5.75 Å².